The van der Waals surface area contributed by atoms with E-state index in [2.05, 4.69) is 22.1 Å². The van der Waals surface area contributed by atoms with E-state index in [1.807, 2.05) is 6.07 Å². The van der Waals surface area contributed by atoms with E-state index in [0.717, 1.165) is 30.5 Å². The highest BCUT2D eigenvalue weighted by Crippen LogP contribution is 2.28. The van der Waals surface area contributed by atoms with Crippen LogP contribution in [-0.4, -0.2) is 23.2 Å². The molecule has 1 aliphatic heterocycles. The maximum Gasteiger partial charge on any atom is 0.134 e. The third-order valence-electron chi connectivity index (χ3n) is 3.32. The Kier molecular flexibility index (Phi) is 2.65. The summed E-state index contributed by atoms with van der Waals surface area (Å²) in [5.74, 6) is 1.03. The number of fused-ring (bicyclic) bond motifs is 1. The van der Waals surface area contributed by atoms with Crippen molar-refractivity contribution in [1.82, 2.24) is 9.97 Å². The summed E-state index contributed by atoms with van der Waals surface area (Å²) in [4.78, 5) is 8.23. The molecule has 0 saturated carbocycles. The van der Waals surface area contributed by atoms with Crippen LogP contribution in [0.1, 0.15) is 24.3 Å². The maximum absolute atomic E-state index is 5.87. The molecular formula is C13H15N3O. The highest BCUT2D eigenvalue weighted by atomic mass is 16.5. The number of nitrogen functional groups attached to an aromatic ring is 1. The number of hydrogen-bond acceptors (Lipinski definition) is 4. The van der Waals surface area contributed by atoms with E-state index >= 15 is 0 Å². The monoisotopic (exact) mass is 229 g/mol. The molecule has 1 aromatic heterocycles. The summed E-state index contributed by atoms with van der Waals surface area (Å²) in [6.45, 7) is 1.69. The number of aromatic nitrogens is 2. The number of rotatable bonds is 1. The molecule has 1 saturated heterocycles. The predicted octanol–water partition coefficient (Wildman–Crippen LogP) is 2.11. The van der Waals surface area contributed by atoms with Crippen LogP contribution in [0, 0.1) is 0 Å². The first kappa shape index (κ1) is 10.5. The van der Waals surface area contributed by atoms with Crippen molar-refractivity contribution < 1.29 is 4.74 Å². The van der Waals surface area contributed by atoms with Crippen molar-refractivity contribution in [3.8, 4) is 0 Å². The van der Waals surface area contributed by atoms with Crippen molar-refractivity contribution >= 4 is 16.7 Å². The second-order valence-corrected chi connectivity index (χ2v) is 4.45. The molecule has 1 fully saturated rings. The van der Waals surface area contributed by atoms with Gasteiger partial charge in [-0.15, -0.1) is 0 Å². The number of ether oxygens (including phenoxy) is 1. The molecule has 0 radical (unpaired) electrons. The Morgan fingerprint density at radius 1 is 1.29 bits per heavy atom. The van der Waals surface area contributed by atoms with E-state index in [0.29, 0.717) is 11.7 Å². The van der Waals surface area contributed by atoms with Crippen LogP contribution in [0.2, 0.25) is 0 Å². The Bertz CT molecular complexity index is 535. The van der Waals surface area contributed by atoms with Gasteiger partial charge in [-0.05, 0) is 30.5 Å². The first-order valence-electron chi connectivity index (χ1n) is 5.92. The van der Waals surface area contributed by atoms with Gasteiger partial charge in [0.05, 0.1) is 12.1 Å². The fraction of sp³-hybridized carbons (Fsp3) is 0.385. The minimum absolute atomic E-state index is 0.479. The van der Waals surface area contributed by atoms with Crippen LogP contribution in [0.15, 0.2) is 24.5 Å². The summed E-state index contributed by atoms with van der Waals surface area (Å²) in [6, 6.07) is 6.23. The van der Waals surface area contributed by atoms with Gasteiger partial charge >= 0.3 is 0 Å². The van der Waals surface area contributed by atoms with Crippen molar-refractivity contribution in [3.63, 3.8) is 0 Å². The Morgan fingerprint density at radius 3 is 3.06 bits per heavy atom. The normalized spacial score (nSPS) is 20.6. The van der Waals surface area contributed by atoms with Gasteiger partial charge in [0.25, 0.3) is 0 Å². The number of hydrogen-bond donors (Lipinski definition) is 1. The van der Waals surface area contributed by atoms with Gasteiger partial charge in [0, 0.05) is 17.9 Å². The Morgan fingerprint density at radius 2 is 2.24 bits per heavy atom. The molecule has 2 heterocycles. The Hall–Kier alpha value is -1.68. The van der Waals surface area contributed by atoms with Crippen molar-refractivity contribution in [2.24, 2.45) is 0 Å². The fourth-order valence-electron chi connectivity index (χ4n) is 2.35. The first-order valence-corrected chi connectivity index (χ1v) is 5.92. The average Bonchev–Trinajstić information content (AvgIpc) is 2.40. The molecule has 0 spiro atoms. The van der Waals surface area contributed by atoms with Gasteiger partial charge in [-0.25, -0.2) is 9.97 Å². The summed E-state index contributed by atoms with van der Waals surface area (Å²) in [7, 11) is 0. The molecule has 0 bridgehead atoms. The highest BCUT2D eigenvalue weighted by molar-refractivity contribution is 5.88. The van der Waals surface area contributed by atoms with Gasteiger partial charge in [0.2, 0.25) is 0 Å². The zero-order valence-electron chi connectivity index (χ0n) is 9.60. The third-order valence-corrected chi connectivity index (χ3v) is 3.32. The highest BCUT2D eigenvalue weighted by Gasteiger charge is 2.16. The summed E-state index contributed by atoms with van der Waals surface area (Å²) in [6.07, 6.45) is 3.81. The first-order chi connectivity index (χ1) is 8.34. The van der Waals surface area contributed by atoms with E-state index in [-0.39, 0.29) is 0 Å². The molecule has 1 aliphatic rings. The number of anilines is 1. The fourth-order valence-corrected chi connectivity index (χ4v) is 2.35. The molecule has 17 heavy (non-hydrogen) atoms. The SMILES string of the molecule is Nc1ncnc2ccc(C3CCCOC3)cc12. The predicted molar refractivity (Wildman–Crippen MR) is 66.7 cm³/mol. The molecule has 4 heteroatoms. The van der Waals surface area contributed by atoms with Gasteiger partial charge in [-0.1, -0.05) is 6.07 Å². The summed E-state index contributed by atoms with van der Waals surface area (Å²) < 4.78 is 5.52. The summed E-state index contributed by atoms with van der Waals surface area (Å²) in [5.41, 5.74) is 8.05. The second-order valence-electron chi connectivity index (χ2n) is 4.45. The van der Waals surface area contributed by atoms with Crippen molar-refractivity contribution in [2.45, 2.75) is 18.8 Å². The third kappa shape index (κ3) is 1.96. The minimum atomic E-state index is 0.479. The quantitative estimate of drug-likeness (QED) is 0.813. The van der Waals surface area contributed by atoms with Gasteiger partial charge in [-0.2, -0.15) is 0 Å². The standard InChI is InChI=1S/C13H15N3O/c14-13-11-6-9(10-2-1-5-17-7-10)3-4-12(11)15-8-16-13/h3-4,6,8,10H,1-2,5,7H2,(H2,14,15,16). The number of nitrogens with zero attached hydrogens (tertiary/aromatic N) is 2. The molecule has 1 aromatic carbocycles. The van der Waals surface area contributed by atoms with Gasteiger partial charge < -0.3 is 10.5 Å². The molecule has 4 nitrogen and oxygen atoms in total. The van der Waals surface area contributed by atoms with Crippen LogP contribution in [0.3, 0.4) is 0 Å². The average molecular weight is 229 g/mol. The van der Waals surface area contributed by atoms with Crippen LogP contribution in [-0.2, 0) is 4.74 Å². The van der Waals surface area contributed by atoms with E-state index < -0.39 is 0 Å². The van der Waals surface area contributed by atoms with E-state index in [4.69, 9.17) is 10.5 Å². The van der Waals surface area contributed by atoms with Gasteiger partial charge in [0.15, 0.2) is 0 Å². The van der Waals surface area contributed by atoms with Crippen LogP contribution in [0.4, 0.5) is 5.82 Å². The molecule has 3 rings (SSSR count). The number of nitrogens with two attached hydrogens (primary N) is 1. The van der Waals surface area contributed by atoms with Crippen LogP contribution in [0.5, 0.6) is 0 Å². The van der Waals surface area contributed by atoms with Crippen molar-refractivity contribution in [2.75, 3.05) is 18.9 Å². The lowest BCUT2D eigenvalue weighted by Crippen LogP contribution is -2.15. The van der Waals surface area contributed by atoms with Crippen molar-refractivity contribution in [3.05, 3.63) is 30.1 Å². The van der Waals surface area contributed by atoms with Crippen LogP contribution >= 0.6 is 0 Å². The second kappa shape index (κ2) is 4.30. The summed E-state index contributed by atoms with van der Waals surface area (Å²) >= 11 is 0. The number of benzene rings is 1. The van der Waals surface area contributed by atoms with E-state index in [9.17, 15) is 0 Å². The van der Waals surface area contributed by atoms with Crippen LogP contribution in [0.25, 0.3) is 10.9 Å². The molecule has 1 atom stereocenters. The minimum Gasteiger partial charge on any atom is -0.383 e. The smallest absolute Gasteiger partial charge is 0.134 e. The lowest BCUT2D eigenvalue weighted by atomic mass is 9.93. The van der Waals surface area contributed by atoms with Gasteiger partial charge in [0.1, 0.15) is 12.1 Å². The Balaban J connectivity index is 2.03. The van der Waals surface area contributed by atoms with Crippen LogP contribution < -0.4 is 5.73 Å². The molecule has 2 N–H and O–H groups in total. The molecule has 1 unspecified atom stereocenters. The van der Waals surface area contributed by atoms with Gasteiger partial charge in [-0.3, -0.25) is 0 Å². The van der Waals surface area contributed by atoms with Crippen molar-refractivity contribution in [1.29, 1.82) is 0 Å². The largest absolute Gasteiger partial charge is 0.383 e. The molecule has 88 valence electrons. The maximum atomic E-state index is 5.87. The van der Waals surface area contributed by atoms with E-state index in [1.165, 1.54) is 18.3 Å². The molecular weight excluding hydrogens is 214 g/mol. The topological polar surface area (TPSA) is 61.0 Å². The molecule has 2 aromatic rings. The lowest BCUT2D eigenvalue weighted by Gasteiger charge is -2.22. The molecule has 0 aliphatic carbocycles. The zero-order valence-corrected chi connectivity index (χ0v) is 9.60. The molecule has 0 amide bonds. The zero-order chi connectivity index (χ0) is 11.7. The Labute approximate surface area is 99.8 Å². The summed E-state index contributed by atoms with van der Waals surface area (Å²) in [5, 5.41) is 0.940. The lowest BCUT2D eigenvalue weighted by molar-refractivity contribution is 0.0805. The van der Waals surface area contributed by atoms with E-state index in [1.54, 1.807) is 0 Å².